The van der Waals surface area contributed by atoms with Gasteiger partial charge in [-0.25, -0.2) is 4.79 Å². The minimum atomic E-state index is -1.54. The van der Waals surface area contributed by atoms with Gasteiger partial charge in [-0.2, -0.15) is 0 Å². The number of likely N-dealkylation sites (tertiary alicyclic amines) is 3. The maximum Gasteiger partial charge on any atom is 0.326 e. The zero-order chi connectivity index (χ0) is 46.6. The Labute approximate surface area is 361 Å². The summed E-state index contributed by atoms with van der Waals surface area (Å²) in [5.41, 5.74) is 11.0. The molecule has 3 fully saturated rings. The maximum atomic E-state index is 14.2. The van der Waals surface area contributed by atoms with Gasteiger partial charge in [0.2, 0.25) is 53.2 Å². The highest BCUT2D eigenvalue weighted by Crippen LogP contribution is 2.27. The van der Waals surface area contributed by atoms with E-state index in [4.69, 9.17) is 11.5 Å². The Balaban J connectivity index is 1.72. The molecule has 0 aromatic carbocycles. The standard InChI is InChI=1S/C40H66N10O12/c1-20(2)18-25(38(59)50-17-9-12-29(50)40(61)62)45-35(56)27-10-7-15-48(27)39(60)28-11-8-16-49(28)37(58)24(13-14-30(42)52)44-33(54)23(6)43-34(55)26(19-51)46-36(57)31(21(3)4)47-32(53)22(5)41/h20-29,31,51H,7-19,41H2,1-6H3,(H2,42,52)(H,43,55)(H,44,54)(H,45,56)(H,46,57)(H,47,53)(H,61,62)/t22-,23-,24-,25-,26-,27-,28-,29-,31-/m0/s1. The third kappa shape index (κ3) is 13.6. The molecule has 9 amide bonds. The summed E-state index contributed by atoms with van der Waals surface area (Å²) in [7, 11) is 0. The van der Waals surface area contributed by atoms with E-state index in [1.807, 2.05) is 13.8 Å². The number of primary amides is 1. The topological polar surface area (TPSA) is 333 Å². The molecule has 11 N–H and O–H groups in total. The molecule has 3 rings (SSSR count). The quantitative estimate of drug-likeness (QED) is 0.0549. The molecule has 0 unspecified atom stereocenters. The number of carbonyl (C=O) groups excluding carboxylic acids is 9. The molecule has 3 saturated heterocycles. The van der Waals surface area contributed by atoms with Crippen LogP contribution in [0, 0.1) is 11.8 Å². The van der Waals surface area contributed by atoms with Gasteiger partial charge in [0.15, 0.2) is 0 Å². The molecule has 0 radical (unpaired) electrons. The summed E-state index contributed by atoms with van der Waals surface area (Å²) in [5.74, 6) is -7.88. The molecule has 22 heteroatoms. The number of amides is 9. The van der Waals surface area contributed by atoms with Crippen LogP contribution in [0.5, 0.6) is 0 Å². The highest BCUT2D eigenvalue weighted by atomic mass is 16.4. The summed E-state index contributed by atoms with van der Waals surface area (Å²) in [6.45, 7) is 9.42. The maximum absolute atomic E-state index is 14.2. The van der Waals surface area contributed by atoms with Gasteiger partial charge in [-0.3, -0.25) is 43.2 Å². The van der Waals surface area contributed by atoms with Crippen LogP contribution in [0.2, 0.25) is 0 Å². The number of carboxylic acids is 1. The summed E-state index contributed by atoms with van der Waals surface area (Å²) >= 11 is 0. The van der Waals surface area contributed by atoms with Gasteiger partial charge < -0.3 is 63.0 Å². The number of aliphatic hydroxyl groups excluding tert-OH is 1. The van der Waals surface area contributed by atoms with Gasteiger partial charge in [0, 0.05) is 26.1 Å². The van der Waals surface area contributed by atoms with Crippen molar-refractivity contribution in [1.82, 2.24) is 41.3 Å². The van der Waals surface area contributed by atoms with Crippen molar-refractivity contribution >= 4 is 59.1 Å². The molecule has 348 valence electrons. The summed E-state index contributed by atoms with van der Waals surface area (Å²) in [6.07, 6.45) is 1.87. The number of nitrogens with one attached hydrogen (secondary N) is 5. The zero-order valence-corrected chi connectivity index (χ0v) is 36.5. The largest absolute Gasteiger partial charge is 0.480 e. The van der Waals surface area contributed by atoms with Crippen molar-refractivity contribution < 1.29 is 58.2 Å². The first-order valence-electron chi connectivity index (χ1n) is 21.4. The van der Waals surface area contributed by atoms with Crippen molar-refractivity contribution in [2.24, 2.45) is 23.3 Å². The van der Waals surface area contributed by atoms with Crippen LogP contribution >= 0.6 is 0 Å². The zero-order valence-electron chi connectivity index (χ0n) is 36.5. The second-order valence-corrected chi connectivity index (χ2v) is 17.2. The lowest BCUT2D eigenvalue weighted by Gasteiger charge is -2.34. The van der Waals surface area contributed by atoms with E-state index >= 15 is 0 Å². The van der Waals surface area contributed by atoms with Crippen molar-refractivity contribution in [1.29, 1.82) is 0 Å². The second-order valence-electron chi connectivity index (χ2n) is 17.2. The van der Waals surface area contributed by atoms with Gasteiger partial charge in [-0.1, -0.05) is 27.7 Å². The number of rotatable bonds is 21. The third-order valence-corrected chi connectivity index (χ3v) is 11.3. The Bertz CT molecular complexity index is 1690. The normalized spacial score (nSPS) is 21.6. The number of carboxylic acid groups (broad SMARTS) is 1. The van der Waals surface area contributed by atoms with Crippen molar-refractivity contribution in [3.8, 4) is 0 Å². The minimum absolute atomic E-state index is 0.0350. The summed E-state index contributed by atoms with van der Waals surface area (Å²) in [6, 6.07) is -10.3. The molecule has 0 aromatic rings. The van der Waals surface area contributed by atoms with E-state index in [-0.39, 0.29) is 57.7 Å². The molecule has 0 spiro atoms. The third-order valence-electron chi connectivity index (χ3n) is 11.3. The lowest BCUT2D eigenvalue weighted by molar-refractivity contribution is -0.150. The summed E-state index contributed by atoms with van der Waals surface area (Å²) < 4.78 is 0. The van der Waals surface area contributed by atoms with Crippen molar-refractivity contribution in [2.45, 2.75) is 154 Å². The van der Waals surface area contributed by atoms with Gasteiger partial charge in [-0.15, -0.1) is 0 Å². The Kier molecular flexibility index (Phi) is 19.1. The number of nitrogens with two attached hydrogens (primary N) is 2. The number of nitrogens with zero attached hydrogens (tertiary/aromatic N) is 3. The smallest absolute Gasteiger partial charge is 0.326 e. The highest BCUT2D eigenvalue weighted by molar-refractivity contribution is 5.98. The molecule has 22 nitrogen and oxygen atoms in total. The summed E-state index contributed by atoms with van der Waals surface area (Å²) in [4.78, 5) is 135. The molecule has 0 aromatic heterocycles. The Morgan fingerprint density at radius 2 is 1.16 bits per heavy atom. The first kappa shape index (κ1) is 51.0. The fourth-order valence-corrected chi connectivity index (χ4v) is 7.93. The van der Waals surface area contributed by atoms with E-state index in [0.29, 0.717) is 25.7 Å². The van der Waals surface area contributed by atoms with Crippen LogP contribution < -0.4 is 38.1 Å². The van der Waals surface area contributed by atoms with Crippen LogP contribution in [0.25, 0.3) is 0 Å². The van der Waals surface area contributed by atoms with Gasteiger partial charge >= 0.3 is 5.97 Å². The predicted octanol–water partition coefficient (Wildman–Crippen LogP) is -3.21. The van der Waals surface area contributed by atoms with Crippen molar-refractivity contribution in [3.05, 3.63) is 0 Å². The highest BCUT2D eigenvalue weighted by Gasteiger charge is 2.45. The Morgan fingerprint density at radius 1 is 0.629 bits per heavy atom. The fourth-order valence-electron chi connectivity index (χ4n) is 7.93. The van der Waals surface area contributed by atoms with E-state index in [9.17, 15) is 58.2 Å². The Morgan fingerprint density at radius 3 is 1.69 bits per heavy atom. The molecule has 0 bridgehead atoms. The molecule has 3 aliphatic rings. The molecule has 62 heavy (non-hydrogen) atoms. The molecule has 3 aliphatic heterocycles. The fraction of sp³-hybridized carbons (Fsp3) is 0.750. The number of carbonyl (C=O) groups is 10. The van der Waals surface area contributed by atoms with Crippen LogP contribution in [0.4, 0.5) is 0 Å². The molecule has 0 aliphatic carbocycles. The average Bonchev–Trinajstić information content (AvgIpc) is 4.00. The Hall–Kier alpha value is -5.38. The number of aliphatic hydroxyl groups is 1. The second kappa shape index (κ2) is 23.2. The van der Waals surface area contributed by atoms with Crippen molar-refractivity contribution in [3.63, 3.8) is 0 Å². The van der Waals surface area contributed by atoms with Gasteiger partial charge in [0.25, 0.3) is 0 Å². The van der Waals surface area contributed by atoms with Gasteiger partial charge in [-0.05, 0) is 77.0 Å². The number of aliphatic carboxylic acids is 1. The number of hydrogen-bond donors (Lipinski definition) is 9. The van der Waals surface area contributed by atoms with Crippen molar-refractivity contribution in [2.75, 3.05) is 26.2 Å². The van der Waals surface area contributed by atoms with E-state index in [0.717, 1.165) is 0 Å². The van der Waals surface area contributed by atoms with Crippen LogP contribution in [0.15, 0.2) is 0 Å². The van der Waals surface area contributed by atoms with Gasteiger partial charge in [0.1, 0.15) is 48.3 Å². The molecule has 9 atom stereocenters. The van der Waals surface area contributed by atoms with Crippen LogP contribution in [-0.4, -0.2) is 165 Å². The van der Waals surface area contributed by atoms with Crippen LogP contribution in [0.1, 0.15) is 99.3 Å². The van der Waals surface area contributed by atoms with Crippen LogP contribution in [0.3, 0.4) is 0 Å². The molecular formula is C40H66N10O12. The lowest BCUT2D eigenvalue weighted by Crippen LogP contribution is -2.60. The van der Waals surface area contributed by atoms with E-state index < -0.39 is 126 Å². The molecule has 0 saturated carbocycles. The van der Waals surface area contributed by atoms with Gasteiger partial charge in [0.05, 0.1) is 12.6 Å². The van der Waals surface area contributed by atoms with Crippen LogP contribution in [-0.2, 0) is 47.9 Å². The predicted molar refractivity (Wildman–Crippen MR) is 221 cm³/mol. The van der Waals surface area contributed by atoms with E-state index in [1.165, 1.54) is 28.5 Å². The molecular weight excluding hydrogens is 812 g/mol. The number of hydrogen-bond acceptors (Lipinski definition) is 12. The molecule has 3 heterocycles. The van der Waals surface area contributed by atoms with E-state index in [1.54, 1.807) is 13.8 Å². The summed E-state index contributed by atoms with van der Waals surface area (Å²) in [5, 5.41) is 32.1. The lowest BCUT2D eigenvalue weighted by atomic mass is 10.0. The first-order chi connectivity index (χ1) is 29.1. The average molecular weight is 879 g/mol. The van der Waals surface area contributed by atoms with E-state index in [2.05, 4.69) is 26.6 Å². The first-order valence-corrected chi connectivity index (χ1v) is 21.4. The SMILES string of the molecule is CC(C)C[C@H](NC(=O)[C@@H]1CCCN1C(=O)[C@@H]1CCCN1C(=O)[C@H](CCC(N)=O)NC(=O)[C@H](C)NC(=O)[C@H](CO)NC(=O)[C@@H](NC(=O)[C@H](C)N)C(C)C)C(=O)N1CCC[C@H]1C(=O)O. The monoisotopic (exact) mass is 878 g/mol. The minimum Gasteiger partial charge on any atom is -0.480 e.